The van der Waals surface area contributed by atoms with Crippen molar-refractivity contribution in [2.24, 2.45) is 0 Å². The summed E-state index contributed by atoms with van der Waals surface area (Å²) in [5.74, 6) is 0. The normalized spacial score (nSPS) is 18.6. The van der Waals surface area contributed by atoms with Crippen LogP contribution in [-0.2, 0) is 28.6 Å². The van der Waals surface area contributed by atoms with Crippen LogP contribution in [0.4, 0.5) is 0 Å². The van der Waals surface area contributed by atoms with Crippen molar-refractivity contribution in [3.8, 4) is 0 Å². The molecule has 0 saturated carbocycles. The van der Waals surface area contributed by atoms with E-state index in [0.29, 0.717) is 0 Å². The largest absolute Gasteiger partial charge is 0.269 e. The van der Waals surface area contributed by atoms with Crippen LogP contribution in [0.15, 0.2) is 0 Å². The van der Waals surface area contributed by atoms with Crippen molar-refractivity contribution >= 4 is 20.2 Å². The second kappa shape index (κ2) is 9.25. The van der Waals surface area contributed by atoms with Crippen molar-refractivity contribution in [1.29, 1.82) is 0 Å². The van der Waals surface area contributed by atoms with Gasteiger partial charge in [0, 0.05) is 11.2 Å². The summed E-state index contributed by atoms with van der Waals surface area (Å²) in [4.78, 5) is 0. The molecule has 5 heteroatoms. The molecule has 0 aromatic heterocycles. The van der Waals surface area contributed by atoms with Gasteiger partial charge in [0.05, 0.1) is 12.2 Å². The summed E-state index contributed by atoms with van der Waals surface area (Å²) in [5.41, 5.74) is 0. The van der Waals surface area contributed by atoms with Gasteiger partial charge in [-0.15, -0.1) is 0 Å². The fourth-order valence-corrected chi connectivity index (χ4v) is 3.48. The summed E-state index contributed by atoms with van der Waals surface area (Å²) >= 11 is 4.94. The molecule has 0 aromatic carbocycles. The molecule has 0 saturated heterocycles. The lowest BCUT2D eigenvalue weighted by atomic mass is 10.2. The highest BCUT2D eigenvalue weighted by molar-refractivity contribution is 8.27. The Labute approximate surface area is 111 Å². The second-order valence-electron chi connectivity index (χ2n) is 4.24. The Morgan fingerprint density at radius 2 is 1.29 bits per heavy atom. The average molecular weight is 282 g/mol. The van der Waals surface area contributed by atoms with Crippen molar-refractivity contribution in [3.05, 3.63) is 0 Å². The molecule has 0 fully saturated rings. The van der Waals surface area contributed by atoms with Gasteiger partial charge < -0.3 is 0 Å². The predicted octanol–water partition coefficient (Wildman–Crippen LogP) is 3.75. The van der Waals surface area contributed by atoms with Crippen molar-refractivity contribution in [2.45, 2.75) is 78.4 Å². The van der Waals surface area contributed by atoms with E-state index >= 15 is 0 Å². The molecule has 0 rings (SSSR count). The molecular weight excluding hydrogens is 256 g/mol. The molecule has 3 nitrogen and oxygen atoms in total. The standard InChI is InChI=1S/C12H26O3S2/c1-5-9-11(7-3)14-17(13,16)15-12(8-4)10-6-2/h11-12H,5-10H2,1-4H3. The lowest BCUT2D eigenvalue weighted by Crippen LogP contribution is -2.23. The average Bonchev–Trinajstić information content (AvgIpc) is 2.27. The quantitative estimate of drug-likeness (QED) is 0.611. The maximum absolute atomic E-state index is 12.0. The van der Waals surface area contributed by atoms with Gasteiger partial charge in [0.15, 0.2) is 0 Å². The fraction of sp³-hybridized carbons (Fsp3) is 1.00. The van der Waals surface area contributed by atoms with Crippen LogP contribution in [0.25, 0.3) is 0 Å². The minimum atomic E-state index is -3.02. The van der Waals surface area contributed by atoms with Gasteiger partial charge in [-0.1, -0.05) is 40.5 Å². The van der Waals surface area contributed by atoms with Gasteiger partial charge in [-0.2, -0.15) is 4.21 Å². The Hall–Kier alpha value is 0.290. The minimum Gasteiger partial charge on any atom is -0.266 e. The van der Waals surface area contributed by atoms with Crippen LogP contribution in [0.5, 0.6) is 0 Å². The smallest absolute Gasteiger partial charge is 0.266 e. The van der Waals surface area contributed by atoms with E-state index in [9.17, 15) is 4.21 Å². The van der Waals surface area contributed by atoms with E-state index in [1.165, 1.54) is 0 Å². The van der Waals surface area contributed by atoms with Crippen LogP contribution in [-0.4, -0.2) is 16.4 Å². The van der Waals surface area contributed by atoms with Gasteiger partial charge in [-0.05, 0) is 25.7 Å². The molecule has 2 atom stereocenters. The third-order valence-corrected chi connectivity index (χ3v) is 4.13. The second-order valence-corrected chi connectivity index (χ2v) is 6.66. The molecular formula is C12H26O3S2. The third-order valence-electron chi connectivity index (χ3n) is 2.64. The Balaban J connectivity index is 4.35. The molecule has 104 valence electrons. The van der Waals surface area contributed by atoms with Crippen molar-refractivity contribution < 1.29 is 12.6 Å². The zero-order valence-corrected chi connectivity index (χ0v) is 13.1. The molecule has 2 unspecified atom stereocenters. The number of hydrogen-bond acceptors (Lipinski definition) is 4. The van der Waals surface area contributed by atoms with Gasteiger partial charge >= 0.3 is 0 Å². The highest BCUT2D eigenvalue weighted by atomic mass is 32.9. The predicted molar refractivity (Wildman–Crippen MR) is 75.7 cm³/mol. The van der Waals surface area contributed by atoms with Crippen LogP contribution in [0.3, 0.4) is 0 Å². The molecule has 17 heavy (non-hydrogen) atoms. The van der Waals surface area contributed by atoms with Gasteiger partial charge in [-0.25, -0.2) is 0 Å². The van der Waals surface area contributed by atoms with Crippen molar-refractivity contribution in [1.82, 2.24) is 0 Å². The monoisotopic (exact) mass is 282 g/mol. The highest BCUT2D eigenvalue weighted by Crippen LogP contribution is 2.16. The minimum absolute atomic E-state index is 0.0517. The van der Waals surface area contributed by atoms with Crippen molar-refractivity contribution in [2.75, 3.05) is 0 Å². The zero-order chi connectivity index (χ0) is 13.3. The maximum atomic E-state index is 12.0. The summed E-state index contributed by atoms with van der Waals surface area (Å²) in [5, 5.41) is 0. The molecule has 0 radical (unpaired) electrons. The Morgan fingerprint density at radius 1 is 0.941 bits per heavy atom. The summed E-state index contributed by atoms with van der Waals surface area (Å²) in [7, 11) is -3.02. The lowest BCUT2D eigenvalue weighted by molar-refractivity contribution is 0.130. The first-order chi connectivity index (χ1) is 7.99. The molecule has 0 aliphatic carbocycles. The topological polar surface area (TPSA) is 35.5 Å². The molecule has 0 heterocycles. The van der Waals surface area contributed by atoms with E-state index in [4.69, 9.17) is 19.6 Å². The molecule has 0 amide bonds. The highest BCUT2D eigenvalue weighted by Gasteiger charge is 2.19. The first-order valence-corrected chi connectivity index (χ1v) is 8.93. The molecule has 0 aliphatic rings. The first kappa shape index (κ1) is 17.3. The number of rotatable bonds is 10. The SMILES string of the molecule is CCCC(CC)OS(=O)(=S)OC(CC)CCC. The molecule has 0 aliphatic heterocycles. The van der Waals surface area contributed by atoms with Crippen LogP contribution in [0, 0.1) is 0 Å². The van der Waals surface area contributed by atoms with E-state index in [2.05, 4.69) is 13.8 Å². The zero-order valence-electron chi connectivity index (χ0n) is 11.4. The maximum Gasteiger partial charge on any atom is 0.269 e. The van der Waals surface area contributed by atoms with E-state index in [1.54, 1.807) is 0 Å². The lowest BCUT2D eigenvalue weighted by Gasteiger charge is -2.20. The summed E-state index contributed by atoms with van der Waals surface area (Å²) < 4.78 is 22.9. The van der Waals surface area contributed by atoms with Crippen LogP contribution < -0.4 is 0 Å². The Bertz CT molecular complexity index is 253. The van der Waals surface area contributed by atoms with Gasteiger partial charge in [0.1, 0.15) is 0 Å². The van der Waals surface area contributed by atoms with E-state index in [-0.39, 0.29) is 12.2 Å². The van der Waals surface area contributed by atoms with E-state index in [0.717, 1.165) is 38.5 Å². The molecule has 0 aromatic rings. The van der Waals surface area contributed by atoms with Gasteiger partial charge in [0.25, 0.3) is 9.05 Å². The fourth-order valence-electron chi connectivity index (χ4n) is 1.64. The molecule has 0 spiro atoms. The summed E-state index contributed by atoms with van der Waals surface area (Å²) in [6.07, 6.45) is 5.26. The van der Waals surface area contributed by atoms with Crippen LogP contribution in [0.2, 0.25) is 0 Å². The van der Waals surface area contributed by atoms with Crippen LogP contribution in [0.1, 0.15) is 66.2 Å². The van der Waals surface area contributed by atoms with E-state index in [1.807, 2.05) is 13.8 Å². The van der Waals surface area contributed by atoms with Gasteiger partial charge in [-0.3, -0.25) is 8.37 Å². The van der Waals surface area contributed by atoms with E-state index < -0.39 is 9.05 Å². The molecule has 0 N–H and O–H groups in total. The first-order valence-electron chi connectivity index (χ1n) is 6.60. The summed E-state index contributed by atoms with van der Waals surface area (Å²) in [6, 6.07) is 0. The Kier molecular flexibility index (Phi) is 9.41. The van der Waals surface area contributed by atoms with Crippen LogP contribution >= 0.6 is 0 Å². The summed E-state index contributed by atoms with van der Waals surface area (Å²) in [6.45, 7) is 8.16. The van der Waals surface area contributed by atoms with Gasteiger partial charge in [0.2, 0.25) is 0 Å². The molecule has 0 bridgehead atoms. The number of hydrogen-bond donors (Lipinski definition) is 0. The van der Waals surface area contributed by atoms with Crippen molar-refractivity contribution in [3.63, 3.8) is 0 Å². The third kappa shape index (κ3) is 8.08. The Morgan fingerprint density at radius 3 is 1.53 bits per heavy atom.